The molecule has 29 heavy (non-hydrogen) atoms. The predicted octanol–water partition coefficient (Wildman–Crippen LogP) is 2.67. The third-order valence-electron chi connectivity index (χ3n) is 4.78. The van der Waals surface area contributed by atoms with Crippen LogP contribution in [0.15, 0.2) is 53.4 Å². The molecule has 0 bridgehead atoms. The largest absolute Gasteiger partial charge is 0.326 e. The van der Waals surface area contributed by atoms with Gasteiger partial charge in [-0.1, -0.05) is 19.1 Å². The lowest BCUT2D eigenvalue weighted by molar-refractivity contribution is -0.122. The minimum atomic E-state index is -3.55. The van der Waals surface area contributed by atoms with Crippen molar-refractivity contribution < 1.29 is 18.0 Å². The van der Waals surface area contributed by atoms with Crippen molar-refractivity contribution in [3.8, 4) is 0 Å². The molecule has 154 valence electrons. The van der Waals surface area contributed by atoms with Gasteiger partial charge < -0.3 is 10.2 Å². The van der Waals surface area contributed by atoms with Crippen LogP contribution in [0.4, 0.5) is 11.4 Å². The van der Waals surface area contributed by atoms with Crippen LogP contribution in [-0.2, 0) is 19.6 Å². The highest BCUT2D eigenvalue weighted by molar-refractivity contribution is 7.89. The molecule has 2 aromatic carbocycles. The number of hydrogen-bond acceptors (Lipinski definition) is 4. The number of benzene rings is 2. The second kappa shape index (κ2) is 8.75. The summed E-state index contributed by atoms with van der Waals surface area (Å²) in [5, 5.41) is 2.78. The number of sulfonamides is 1. The van der Waals surface area contributed by atoms with E-state index in [4.69, 9.17) is 0 Å². The fourth-order valence-electron chi connectivity index (χ4n) is 3.21. The molecule has 0 spiro atoms. The van der Waals surface area contributed by atoms with E-state index in [-0.39, 0.29) is 23.1 Å². The van der Waals surface area contributed by atoms with E-state index in [2.05, 4.69) is 10.0 Å². The van der Waals surface area contributed by atoms with Gasteiger partial charge in [0.05, 0.1) is 10.8 Å². The standard InChI is InChI=1S/C21H25N3O4S/c1-3-11-22-29(27,28)19-9-7-17(8-10-19)23-21(26)16-13-20(25)24(14-16)18-6-4-5-15(2)12-18/h4-10,12,16,22H,3,11,13-14H2,1-2H3,(H,23,26). The van der Waals surface area contributed by atoms with Gasteiger partial charge in [-0.05, 0) is 55.3 Å². The molecule has 7 nitrogen and oxygen atoms in total. The maximum absolute atomic E-state index is 12.6. The first-order valence-electron chi connectivity index (χ1n) is 9.58. The molecule has 0 aliphatic carbocycles. The van der Waals surface area contributed by atoms with Crippen molar-refractivity contribution in [2.24, 2.45) is 5.92 Å². The van der Waals surface area contributed by atoms with Crippen molar-refractivity contribution in [1.82, 2.24) is 4.72 Å². The van der Waals surface area contributed by atoms with Gasteiger partial charge in [0.15, 0.2) is 0 Å². The third-order valence-corrected chi connectivity index (χ3v) is 6.26. The molecule has 1 heterocycles. The highest BCUT2D eigenvalue weighted by atomic mass is 32.2. The Hall–Kier alpha value is -2.71. The summed E-state index contributed by atoms with van der Waals surface area (Å²) in [5.41, 5.74) is 2.33. The number of nitrogens with one attached hydrogen (secondary N) is 2. The van der Waals surface area contributed by atoms with Crippen molar-refractivity contribution in [1.29, 1.82) is 0 Å². The number of nitrogens with zero attached hydrogens (tertiary/aromatic N) is 1. The molecule has 2 aromatic rings. The van der Waals surface area contributed by atoms with E-state index in [9.17, 15) is 18.0 Å². The van der Waals surface area contributed by atoms with E-state index in [1.165, 1.54) is 12.1 Å². The lowest BCUT2D eigenvalue weighted by atomic mass is 10.1. The monoisotopic (exact) mass is 415 g/mol. The summed E-state index contributed by atoms with van der Waals surface area (Å²) in [7, 11) is -3.55. The highest BCUT2D eigenvalue weighted by Gasteiger charge is 2.35. The SMILES string of the molecule is CCCNS(=O)(=O)c1ccc(NC(=O)C2CC(=O)N(c3cccc(C)c3)C2)cc1. The maximum Gasteiger partial charge on any atom is 0.240 e. The Bertz CT molecular complexity index is 1000. The number of carbonyl (C=O) groups excluding carboxylic acids is 2. The van der Waals surface area contributed by atoms with Gasteiger partial charge in [0.1, 0.15) is 0 Å². The lowest BCUT2D eigenvalue weighted by Gasteiger charge is -2.17. The maximum atomic E-state index is 12.6. The number of aryl methyl sites for hydroxylation is 1. The summed E-state index contributed by atoms with van der Waals surface area (Å²) >= 11 is 0. The van der Waals surface area contributed by atoms with Crippen LogP contribution in [-0.4, -0.2) is 33.3 Å². The minimum absolute atomic E-state index is 0.0841. The van der Waals surface area contributed by atoms with Crippen LogP contribution in [0.25, 0.3) is 0 Å². The average molecular weight is 416 g/mol. The Morgan fingerprint density at radius 3 is 2.55 bits per heavy atom. The molecule has 1 aliphatic rings. The number of anilines is 2. The number of rotatable bonds is 7. The van der Waals surface area contributed by atoms with Crippen LogP contribution < -0.4 is 14.9 Å². The molecule has 1 atom stereocenters. The summed E-state index contributed by atoms with van der Waals surface area (Å²) < 4.78 is 26.7. The van der Waals surface area contributed by atoms with Gasteiger partial charge in [-0.15, -0.1) is 0 Å². The van der Waals surface area contributed by atoms with Crippen LogP contribution in [0.5, 0.6) is 0 Å². The Balaban J connectivity index is 1.64. The summed E-state index contributed by atoms with van der Waals surface area (Å²) in [5.74, 6) is -0.801. The molecule has 1 saturated heterocycles. The summed E-state index contributed by atoms with van der Waals surface area (Å²) in [4.78, 5) is 26.7. The molecule has 8 heteroatoms. The van der Waals surface area contributed by atoms with E-state index in [0.717, 1.165) is 11.3 Å². The molecule has 0 saturated carbocycles. The molecule has 1 fully saturated rings. The topological polar surface area (TPSA) is 95.6 Å². The fraction of sp³-hybridized carbons (Fsp3) is 0.333. The normalized spacial score (nSPS) is 16.8. The zero-order valence-corrected chi connectivity index (χ0v) is 17.3. The summed E-state index contributed by atoms with van der Waals surface area (Å²) in [6.07, 6.45) is 0.847. The Labute approximate surface area is 171 Å². The molecular weight excluding hydrogens is 390 g/mol. The minimum Gasteiger partial charge on any atom is -0.326 e. The highest BCUT2D eigenvalue weighted by Crippen LogP contribution is 2.26. The molecule has 2 amide bonds. The van der Waals surface area contributed by atoms with E-state index in [1.54, 1.807) is 17.0 Å². The van der Waals surface area contributed by atoms with Gasteiger partial charge in [0.25, 0.3) is 0 Å². The Kier molecular flexibility index (Phi) is 6.34. The molecule has 2 N–H and O–H groups in total. The quantitative estimate of drug-likeness (QED) is 0.727. The molecule has 1 aliphatic heterocycles. The second-order valence-corrected chi connectivity index (χ2v) is 8.92. The van der Waals surface area contributed by atoms with E-state index >= 15 is 0 Å². The Morgan fingerprint density at radius 1 is 1.17 bits per heavy atom. The van der Waals surface area contributed by atoms with Gasteiger partial charge in [-0.25, -0.2) is 13.1 Å². The third kappa shape index (κ3) is 5.02. The molecule has 0 radical (unpaired) electrons. The summed E-state index contributed by atoms with van der Waals surface area (Å²) in [6, 6.07) is 13.6. The van der Waals surface area contributed by atoms with Crippen LogP contribution in [0.1, 0.15) is 25.3 Å². The average Bonchev–Trinajstić information content (AvgIpc) is 3.09. The van der Waals surface area contributed by atoms with Crippen LogP contribution >= 0.6 is 0 Å². The number of amides is 2. The van der Waals surface area contributed by atoms with Crippen LogP contribution in [0.3, 0.4) is 0 Å². The van der Waals surface area contributed by atoms with E-state index < -0.39 is 15.9 Å². The van der Waals surface area contributed by atoms with Crippen molar-refractivity contribution in [2.45, 2.75) is 31.6 Å². The lowest BCUT2D eigenvalue weighted by Crippen LogP contribution is -2.28. The smallest absolute Gasteiger partial charge is 0.240 e. The zero-order valence-electron chi connectivity index (χ0n) is 16.5. The van der Waals surface area contributed by atoms with Crippen molar-refractivity contribution in [2.75, 3.05) is 23.3 Å². The molecule has 3 rings (SSSR count). The first kappa shape index (κ1) is 21.0. The van der Waals surface area contributed by atoms with Gasteiger partial charge in [0.2, 0.25) is 21.8 Å². The molecule has 1 unspecified atom stereocenters. The van der Waals surface area contributed by atoms with Crippen molar-refractivity contribution in [3.05, 3.63) is 54.1 Å². The van der Waals surface area contributed by atoms with E-state index in [1.807, 2.05) is 38.1 Å². The second-order valence-electron chi connectivity index (χ2n) is 7.16. The molecule has 0 aromatic heterocycles. The van der Waals surface area contributed by atoms with Crippen LogP contribution in [0, 0.1) is 12.8 Å². The van der Waals surface area contributed by atoms with Crippen molar-refractivity contribution >= 4 is 33.2 Å². The van der Waals surface area contributed by atoms with Gasteiger partial charge in [-0.3, -0.25) is 9.59 Å². The van der Waals surface area contributed by atoms with Gasteiger partial charge in [-0.2, -0.15) is 0 Å². The fourth-order valence-corrected chi connectivity index (χ4v) is 4.34. The number of carbonyl (C=O) groups is 2. The van der Waals surface area contributed by atoms with Gasteiger partial charge >= 0.3 is 0 Å². The first-order valence-corrected chi connectivity index (χ1v) is 11.1. The van der Waals surface area contributed by atoms with Gasteiger partial charge in [0, 0.05) is 30.9 Å². The molecular formula is C21H25N3O4S. The Morgan fingerprint density at radius 2 is 1.90 bits per heavy atom. The summed E-state index contributed by atoms with van der Waals surface area (Å²) in [6.45, 7) is 4.53. The first-order chi connectivity index (χ1) is 13.8. The number of hydrogen-bond donors (Lipinski definition) is 2. The van der Waals surface area contributed by atoms with Crippen LogP contribution in [0.2, 0.25) is 0 Å². The van der Waals surface area contributed by atoms with Crippen molar-refractivity contribution in [3.63, 3.8) is 0 Å². The zero-order chi connectivity index (χ0) is 21.0. The predicted molar refractivity (Wildman–Crippen MR) is 112 cm³/mol. The van der Waals surface area contributed by atoms with E-state index in [0.29, 0.717) is 25.2 Å².